The quantitative estimate of drug-likeness (QED) is 0.364. The van der Waals surface area contributed by atoms with Gasteiger partial charge in [-0.25, -0.2) is 4.79 Å². The summed E-state index contributed by atoms with van der Waals surface area (Å²) < 4.78 is 9.87. The second-order valence-corrected chi connectivity index (χ2v) is 3.18. The van der Waals surface area contributed by atoms with Crippen molar-refractivity contribution >= 4 is 5.97 Å². The zero-order valence-electron chi connectivity index (χ0n) is 7.72. The topological polar surface area (TPSA) is 38.8 Å². The van der Waals surface area contributed by atoms with E-state index in [1.807, 2.05) is 13.8 Å². The van der Waals surface area contributed by atoms with Gasteiger partial charge in [0.25, 0.3) is 0 Å². The number of hydrogen-bond donors (Lipinski definition) is 0. The Morgan fingerprint density at radius 1 is 1.50 bits per heavy atom. The molecule has 0 aromatic rings. The summed E-state index contributed by atoms with van der Waals surface area (Å²) in [6.45, 7) is 6.67. The Kier molecular flexibility index (Phi) is 2.87. The molecule has 1 unspecified atom stereocenters. The molecule has 0 radical (unpaired) electrons. The van der Waals surface area contributed by atoms with Crippen LogP contribution in [0.15, 0.2) is 11.1 Å². The predicted molar refractivity (Wildman–Crippen MR) is 44.7 cm³/mol. The van der Waals surface area contributed by atoms with Gasteiger partial charge in [0.15, 0.2) is 0 Å². The Hall–Kier alpha value is -0.830. The molecule has 0 aliphatic carbocycles. The van der Waals surface area contributed by atoms with Gasteiger partial charge in [0, 0.05) is 5.57 Å². The molecule has 0 amide bonds. The first-order valence-corrected chi connectivity index (χ1v) is 4.04. The zero-order chi connectivity index (χ0) is 9.14. The van der Waals surface area contributed by atoms with Crippen LogP contribution in [0.3, 0.4) is 0 Å². The third-order valence-electron chi connectivity index (χ3n) is 1.86. The summed E-state index contributed by atoms with van der Waals surface area (Å²) in [5.41, 5.74) is 1.69. The molecule has 0 N–H and O–H groups in total. The number of allylic oxidation sites excluding steroid dienone is 1. The van der Waals surface area contributed by atoms with Crippen LogP contribution in [0.2, 0.25) is 0 Å². The third kappa shape index (κ3) is 2.66. The average Bonchev–Trinajstić information content (AvgIpc) is 2.81. The lowest BCUT2D eigenvalue weighted by atomic mass is 10.2. The van der Waals surface area contributed by atoms with E-state index in [9.17, 15) is 4.79 Å². The van der Waals surface area contributed by atoms with Crippen LogP contribution in [-0.2, 0) is 14.3 Å². The first-order chi connectivity index (χ1) is 5.61. The maximum atomic E-state index is 11.2. The molecular weight excluding hydrogens is 156 g/mol. The van der Waals surface area contributed by atoms with Crippen molar-refractivity contribution in [3.8, 4) is 0 Å². The summed E-state index contributed by atoms with van der Waals surface area (Å²) in [7, 11) is 0. The fraction of sp³-hybridized carbons (Fsp3) is 0.667. The molecule has 0 aromatic heterocycles. The van der Waals surface area contributed by atoms with Crippen molar-refractivity contribution in [2.24, 2.45) is 0 Å². The molecule has 1 fully saturated rings. The number of ether oxygens (including phenoxy) is 2. The zero-order valence-corrected chi connectivity index (χ0v) is 7.72. The van der Waals surface area contributed by atoms with Crippen molar-refractivity contribution in [1.29, 1.82) is 0 Å². The second kappa shape index (κ2) is 3.72. The maximum Gasteiger partial charge on any atom is 0.333 e. The SMILES string of the molecule is CC(C)=C(C)C(=O)OCC1CO1. The van der Waals surface area contributed by atoms with Crippen LogP contribution >= 0.6 is 0 Å². The molecule has 3 nitrogen and oxygen atoms in total. The van der Waals surface area contributed by atoms with E-state index in [-0.39, 0.29) is 12.1 Å². The number of epoxide rings is 1. The van der Waals surface area contributed by atoms with Gasteiger partial charge < -0.3 is 9.47 Å². The Morgan fingerprint density at radius 2 is 2.08 bits per heavy atom. The molecule has 0 spiro atoms. The summed E-state index contributed by atoms with van der Waals surface area (Å²) in [6.07, 6.45) is 0.152. The molecule has 0 saturated carbocycles. The summed E-state index contributed by atoms with van der Waals surface area (Å²) in [4.78, 5) is 11.2. The number of carbonyl (C=O) groups is 1. The lowest BCUT2D eigenvalue weighted by Crippen LogP contribution is -2.11. The van der Waals surface area contributed by atoms with E-state index >= 15 is 0 Å². The number of esters is 1. The molecule has 68 valence electrons. The van der Waals surface area contributed by atoms with Crippen molar-refractivity contribution in [3.63, 3.8) is 0 Å². The van der Waals surface area contributed by atoms with Crippen LogP contribution in [0, 0.1) is 0 Å². The van der Waals surface area contributed by atoms with Crippen LogP contribution < -0.4 is 0 Å². The van der Waals surface area contributed by atoms with Crippen LogP contribution in [0.4, 0.5) is 0 Å². The lowest BCUT2D eigenvalue weighted by Gasteiger charge is -2.03. The minimum absolute atomic E-state index is 0.152. The molecule has 1 heterocycles. The van der Waals surface area contributed by atoms with E-state index in [1.165, 1.54) is 0 Å². The number of hydrogen-bond acceptors (Lipinski definition) is 3. The average molecular weight is 170 g/mol. The minimum Gasteiger partial charge on any atom is -0.459 e. The highest BCUT2D eigenvalue weighted by molar-refractivity contribution is 5.88. The summed E-state index contributed by atoms with van der Waals surface area (Å²) in [6, 6.07) is 0. The van der Waals surface area contributed by atoms with Gasteiger partial charge in [0.1, 0.15) is 12.7 Å². The molecule has 1 aliphatic rings. The standard InChI is InChI=1S/C9H14O3/c1-6(2)7(3)9(10)12-5-8-4-11-8/h8H,4-5H2,1-3H3. The molecule has 1 aliphatic heterocycles. The van der Waals surface area contributed by atoms with Gasteiger partial charge >= 0.3 is 5.97 Å². The van der Waals surface area contributed by atoms with Gasteiger partial charge in [-0.1, -0.05) is 5.57 Å². The number of carbonyl (C=O) groups excluding carboxylic acids is 1. The van der Waals surface area contributed by atoms with Crippen LogP contribution in [0.25, 0.3) is 0 Å². The van der Waals surface area contributed by atoms with Crippen LogP contribution in [0.5, 0.6) is 0 Å². The smallest absolute Gasteiger partial charge is 0.333 e. The summed E-state index contributed by atoms with van der Waals surface area (Å²) in [5, 5.41) is 0. The summed E-state index contributed by atoms with van der Waals surface area (Å²) >= 11 is 0. The Morgan fingerprint density at radius 3 is 2.50 bits per heavy atom. The summed E-state index contributed by atoms with van der Waals surface area (Å²) in [5.74, 6) is -0.231. The van der Waals surface area contributed by atoms with E-state index < -0.39 is 0 Å². The predicted octanol–water partition coefficient (Wildman–Crippen LogP) is 1.28. The van der Waals surface area contributed by atoms with Gasteiger partial charge in [-0.3, -0.25) is 0 Å². The largest absolute Gasteiger partial charge is 0.459 e. The van der Waals surface area contributed by atoms with Crippen LogP contribution in [0.1, 0.15) is 20.8 Å². The monoisotopic (exact) mass is 170 g/mol. The van der Waals surface area contributed by atoms with E-state index in [2.05, 4.69) is 0 Å². The molecule has 0 bridgehead atoms. The van der Waals surface area contributed by atoms with Crippen LogP contribution in [-0.4, -0.2) is 25.3 Å². The molecule has 3 heteroatoms. The highest BCUT2D eigenvalue weighted by atomic mass is 16.6. The first-order valence-electron chi connectivity index (χ1n) is 4.04. The van der Waals surface area contributed by atoms with E-state index in [0.717, 1.165) is 12.2 Å². The Labute approximate surface area is 72.4 Å². The van der Waals surface area contributed by atoms with Gasteiger partial charge in [0.05, 0.1) is 6.61 Å². The normalized spacial score (nSPS) is 20.1. The lowest BCUT2D eigenvalue weighted by molar-refractivity contribution is -0.139. The highest BCUT2D eigenvalue weighted by Crippen LogP contribution is 2.11. The second-order valence-electron chi connectivity index (χ2n) is 3.18. The minimum atomic E-state index is -0.231. The Bertz CT molecular complexity index is 210. The van der Waals surface area contributed by atoms with Gasteiger partial charge in [-0.05, 0) is 20.8 Å². The van der Waals surface area contributed by atoms with Crippen molar-refractivity contribution in [2.75, 3.05) is 13.2 Å². The van der Waals surface area contributed by atoms with E-state index in [1.54, 1.807) is 6.92 Å². The first kappa shape index (κ1) is 9.26. The molecule has 1 saturated heterocycles. The maximum absolute atomic E-state index is 11.2. The molecule has 12 heavy (non-hydrogen) atoms. The van der Waals surface area contributed by atoms with E-state index in [0.29, 0.717) is 12.2 Å². The Balaban J connectivity index is 2.31. The van der Waals surface area contributed by atoms with Gasteiger partial charge in [-0.15, -0.1) is 0 Å². The van der Waals surface area contributed by atoms with Crippen molar-refractivity contribution in [2.45, 2.75) is 26.9 Å². The molecule has 0 aromatic carbocycles. The highest BCUT2D eigenvalue weighted by Gasteiger charge is 2.24. The molecule has 1 atom stereocenters. The fourth-order valence-corrected chi connectivity index (χ4v) is 0.645. The van der Waals surface area contributed by atoms with Gasteiger partial charge in [0.2, 0.25) is 0 Å². The van der Waals surface area contributed by atoms with E-state index in [4.69, 9.17) is 9.47 Å². The number of rotatable bonds is 3. The third-order valence-corrected chi connectivity index (χ3v) is 1.86. The van der Waals surface area contributed by atoms with Crippen molar-refractivity contribution in [3.05, 3.63) is 11.1 Å². The van der Waals surface area contributed by atoms with Crippen molar-refractivity contribution in [1.82, 2.24) is 0 Å². The fourth-order valence-electron chi connectivity index (χ4n) is 0.645. The van der Waals surface area contributed by atoms with Gasteiger partial charge in [-0.2, -0.15) is 0 Å². The molecular formula is C9H14O3. The molecule has 1 rings (SSSR count). The van der Waals surface area contributed by atoms with Crippen molar-refractivity contribution < 1.29 is 14.3 Å².